The lowest BCUT2D eigenvalue weighted by molar-refractivity contribution is -0.192. The van der Waals surface area contributed by atoms with Gasteiger partial charge >= 0.3 is 9.28 Å². The van der Waals surface area contributed by atoms with E-state index in [1.165, 1.54) is 5.56 Å². The Labute approximate surface area is 123 Å². The third kappa shape index (κ3) is 6.15. The minimum Gasteiger partial charge on any atom is -0.394 e. The molecule has 0 aliphatic rings. The molecule has 0 saturated heterocycles. The molecule has 0 aromatic heterocycles. The highest BCUT2D eigenvalue weighted by Crippen LogP contribution is 2.17. The van der Waals surface area contributed by atoms with Crippen LogP contribution in [0, 0.1) is 0 Å². The van der Waals surface area contributed by atoms with E-state index in [0.717, 1.165) is 6.04 Å². The SMILES string of the molecule is COCC(C)(OC)O[SiH](Cc1ccccc1)OC(C)C. The molecule has 1 aromatic carbocycles. The summed E-state index contributed by atoms with van der Waals surface area (Å²) in [5, 5.41) is 0. The summed E-state index contributed by atoms with van der Waals surface area (Å²) in [4.78, 5) is 0. The molecule has 1 rings (SSSR count). The van der Waals surface area contributed by atoms with Gasteiger partial charge in [0.15, 0.2) is 5.79 Å². The molecule has 0 fully saturated rings. The van der Waals surface area contributed by atoms with Crippen molar-refractivity contribution in [3.8, 4) is 0 Å². The second-order valence-corrected chi connectivity index (χ2v) is 6.97. The second-order valence-electron chi connectivity index (χ2n) is 5.19. The molecule has 0 heterocycles. The fourth-order valence-electron chi connectivity index (χ4n) is 1.91. The van der Waals surface area contributed by atoms with Gasteiger partial charge in [-0.05, 0) is 26.3 Å². The summed E-state index contributed by atoms with van der Waals surface area (Å²) in [6.07, 6.45) is 0.138. The van der Waals surface area contributed by atoms with Crippen molar-refractivity contribution in [2.45, 2.75) is 38.7 Å². The number of benzene rings is 1. The Kier molecular flexibility index (Phi) is 7.40. The Morgan fingerprint density at radius 2 is 1.80 bits per heavy atom. The summed E-state index contributed by atoms with van der Waals surface area (Å²) in [5.41, 5.74) is 1.22. The zero-order valence-corrected chi connectivity index (χ0v) is 14.2. The lowest BCUT2D eigenvalue weighted by Gasteiger charge is -2.32. The van der Waals surface area contributed by atoms with Crippen molar-refractivity contribution in [2.24, 2.45) is 0 Å². The second kappa shape index (κ2) is 8.54. The third-order valence-corrected chi connectivity index (χ3v) is 5.30. The van der Waals surface area contributed by atoms with E-state index < -0.39 is 15.1 Å². The quantitative estimate of drug-likeness (QED) is 0.518. The number of methoxy groups -OCH3 is 2. The van der Waals surface area contributed by atoms with Gasteiger partial charge in [-0.25, -0.2) is 0 Å². The van der Waals surface area contributed by atoms with E-state index in [9.17, 15) is 0 Å². The van der Waals surface area contributed by atoms with Crippen LogP contribution in [-0.2, 0) is 24.4 Å². The van der Waals surface area contributed by atoms with Gasteiger partial charge in [0.1, 0.15) is 0 Å². The Morgan fingerprint density at radius 1 is 1.15 bits per heavy atom. The van der Waals surface area contributed by atoms with E-state index >= 15 is 0 Å². The van der Waals surface area contributed by atoms with Crippen LogP contribution in [0.4, 0.5) is 0 Å². The summed E-state index contributed by atoms with van der Waals surface area (Å²) in [7, 11) is 1.37. The maximum atomic E-state index is 6.11. The van der Waals surface area contributed by atoms with Crippen molar-refractivity contribution in [1.29, 1.82) is 0 Å². The molecule has 0 aliphatic heterocycles. The number of hydrogen-bond acceptors (Lipinski definition) is 4. The van der Waals surface area contributed by atoms with Gasteiger partial charge in [-0.3, -0.25) is 0 Å². The largest absolute Gasteiger partial charge is 0.394 e. The molecular weight excluding hydrogens is 272 g/mol. The molecule has 0 saturated carbocycles. The van der Waals surface area contributed by atoms with E-state index in [0.29, 0.717) is 6.61 Å². The van der Waals surface area contributed by atoms with Gasteiger partial charge in [-0.1, -0.05) is 30.3 Å². The third-order valence-electron chi connectivity index (χ3n) is 2.89. The fraction of sp³-hybridized carbons (Fsp3) is 0.600. The first-order chi connectivity index (χ1) is 9.49. The van der Waals surface area contributed by atoms with Crippen molar-refractivity contribution in [3.05, 3.63) is 35.9 Å². The fourth-order valence-corrected chi connectivity index (χ4v) is 4.13. The van der Waals surface area contributed by atoms with E-state index in [1.807, 2.05) is 39.0 Å². The summed E-state index contributed by atoms with van der Waals surface area (Å²) < 4.78 is 22.7. The van der Waals surface area contributed by atoms with Gasteiger partial charge in [0.25, 0.3) is 0 Å². The van der Waals surface area contributed by atoms with Crippen LogP contribution in [0.15, 0.2) is 30.3 Å². The van der Waals surface area contributed by atoms with Crippen LogP contribution < -0.4 is 0 Å². The molecule has 5 heteroatoms. The number of rotatable bonds is 9. The normalized spacial score (nSPS) is 16.1. The van der Waals surface area contributed by atoms with Gasteiger partial charge in [0.2, 0.25) is 0 Å². The van der Waals surface area contributed by atoms with Crippen LogP contribution in [-0.4, -0.2) is 42.0 Å². The highest BCUT2D eigenvalue weighted by Gasteiger charge is 2.31. The highest BCUT2D eigenvalue weighted by molar-refractivity contribution is 6.44. The predicted octanol–water partition coefficient (Wildman–Crippen LogP) is 2.44. The standard InChI is InChI=1S/C15H26O4Si/c1-13(2)18-20(11-14-9-7-6-8-10-14)19-15(3,17-5)12-16-4/h6-10,13,20H,11-12H2,1-5H3. The Hall–Kier alpha value is -0.723. The summed E-state index contributed by atoms with van der Waals surface area (Å²) in [5.74, 6) is -0.755. The maximum Gasteiger partial charge on any atom is 0.328 e. The number of ether oxygens (including phenoxy) is 2. The van der Waals surface area contributed by atoms with Gasteiger partial charge < -0.3 is 18.3 Å². The Bertz CT molecular complexity index is 371. The van der Waals surface area contributed by atoms with E-state index in [2.05, 4.69) is 12.1 Å². The summed E-state index contributed by atoms with van der Waals surface area (Å²) in [6.45, 7) is 6.30. The highest BCUT2D eigenvalue weighted by atomic mass is 28.3. The lowest BCUT2D eigenvalue weighted by atomic mass is 10.2. The zero-order chi connectivity index (χ0) is 15.0. The van der Waals surface area contributed by atoms with Crippen molar-refractivity contribution in [3.63, 3.8) is 0 Å². The molecule has 0 N–H and O–H groups in total. The molecule has 2 unspecified atom stereocenters. The molecule has 0 bridgehead atoms. The topological polar surface area (TPSA) is 36.9 Å². The van der Waals surface area contributed by atoms with Crippen molar-refractivity contribution in [2.75, 3.05) is 20.8 Å². The van der Waals surface area contributed by atoms with E-state index in [4.69, 9.17) is 18.3 Å². The van der Waals surface area contributed by atoms with Gasteiger partial charge in [-0.15, -0.1) is 0 Å². The van der Waals surface area contributed by atoms with Gasteiger partial charge in [0, 0.05) is 26.4 Å². The van der Waals surface area contributed by atoms with E-state index in [-0.39, 0.29) is 6.10 Å². The first-order valence-corrected chi connectivity index (χ1v) is 8.66. The molecule has 0 spiro atoms. The Morgan fingerprint density at radius 3 is 2.30 bits per heavy atom. The van der Waals surface area contributed by atoms with Crippen molar-refractivity contribution >= 4 is 9.28 Å². The lowest BCUT2D eigenvalue weighted by Crippen LogP contribution is -2.44. The van der Waals surface area contributed by atoms with Crippen LogP contribution in [0.5, 0.6) is 0 Å². The average Bonchev–Trinajstić information content (AvgIpc) is 2.39. The first-order valence-electron chi connectivity index (χ1n) is 6.90. The monoisotopic (exact) mass is 298 g/mol. The van der Waals surface area contributed by atoms with Crippen LogP contribution in [0.25, 0.3) is 0 Å². The van der Waals surface area contributed by atoms with Crippen LogP contribution in [0.2, 0.25) is 0 Å². The number of hydrogen-bond donors (Lipinski definition) is 0. The molecule has 0 amide bonds. The summed E-state index contributed by atoms with van der Waals surface area (Å²) >= 11 is 0. The van der Waals surface area contributed by atoms with Crippen LogP contribution >= 0.6 is 0 Å². The smallest absolute Gasteiger partial charge is 0.328 e. The van der Waals surface area contributed by atoms with Gasteiger partial charge in [0.05, 0.1) is 6.61 Å². The minimum atomic E-state index is -1.90. The van der Waals surface area contributed by atoms with Crippen molar-refractivity contribution in [1.82, 2.24) is 0 Å². The minimum absolute atomic E-state index is 0.138. The molecule has 0 radical (unpaired) electrons. The van der Waals surface area contributed by atoms with E-state index in [1.54, 1.807) is 14.2 Å². The molecule has 4 nitrogen and oxygen atoms in total. The predicted molar refractivity (Wildman–Crippen MR) is 81.9 cm³/mol. The zero-order valence-electron chi connectivity index (χ0n) is 13.1. The van der Waals surface area contributed by atoms with Crippen LogP contribution in [0.1, 0.15) is 26.3 Å². The molecule has 0 aliphatic carbocycles. The van der Waals surface area contributed by atoms with Gasteiger partial charge in [-0.2, -0.15) is 0 Å². The molecular formula is C15H26O4Si. The molecule has 114 valence electrons. The summed E-state index contributed by atoms with van der Waals surface area (Å²) in [6, 6.07) is 11.1. The average molecular weight is 298 g/mol. The van der Waals surface area contributed by atoms with Crippen molar-refractivity contribution < 1.29 is 18.3 Å². The molecule has 20 heavy (non-hydrogen) atoms. The Balaban J connectivity index is 2.73. The molecule has 1 aromatic rings. The molecule has 2 atom stereocenters. The first kappa shape index (κ1) is 17.3. The maximum absolute atomic E-state index is 6.11. The van der Waals surface area contributed by atoms with Crippen LogP contribution in [0.3, 0.4) is 0 Å².